The Morgan fingerprint density at radius 3 is 2.76 bits per heavy atom. The van der Waals surface area contributed by atoms with Crippen LogP contribution in [0, 0.1) is 5.92 Å². The third-order valence-corrected chi connectivity index (χ3v) is 4.74. The van der Waals surface area contributed by atoms with E-state index in [1.807, 2.05) is 24.3 Å². The molecule has 21 heavy (non-hydrogen) atoms. The van der Waals surface area contributed by atoms with E-state index in [0.29, 0.717) is 24.5 Å². The number of nitrogens with one attached hydrogen (secondary N) is 1. The first-order chi connectivity index (χ1) is 10.2. The fourth-order valence-electron chi connectivity index (χ4n) is 3.12. The van der Waals surface area contributed by atoms with Gasteiger partial charge >= 0.3 is 0 Å². The lowest BCUT2D eigenvalue weighted by molar-refractivity contribution is -0.117. The third kappa shape index (κ3) is 3.10. The summed E-state index contributed by atoms with van der Waals surface area (Å²) in [6.07, 6.45) is 4.57. The van der Waals surface area contributed by atoms with Crippen molar-refractivity contribution >= 4 is 27.4 Å². The molecule has 0 bridgehead atoms. The van der Waals surface area contributed by atoms with Crippen LogP contribution in [0.2, 0.25) is 0 Å². The van der Waals surface area contributed by atoms with E-state index in [-0.39, 0.29) is 0 Å². The van der Waals surface area contributed by atoms with Crippen molar-refractivity contribution in [3.05, 3.63) is 45.6 Å². The second-order valence-electron chi connectivity index (χ2n) is 5.80. The molecule has 1 aliphatic heterocycles. The molecule has 110 valence electrons. The lowest BCUT2D eigenvalue weighted by Gasteiger charge is -2.29. The van der Waals surface area contributed by atoms with Crippen molar-refractivity contribution < 1.29 is 4.79 Å². The monoisotopic (exact) mass is 346 g/mol. The number of rotatable bonds is 3. The van der Waals surface area contributed by atoms with Gasteiger partial charge in [-0.25, -0.2) is 0 Å². The smallest absolute Gasteiger partial charge is 0.161 e. The minimum absolute atomic E-state index is 0.298. The molecule has 0 spiro atoms. The Morgan fingerprint density at radius 1 is 1.29 bits per heavy atom. The quantitative estimate of drug-likeness (QED) is 0.891. The summed E-state index contributed by atoms with van der Waals surface area (Å²) < 4.78 is 1.05. The van der Waals surface area contributed by atoms with Crippen LogP contribution in [0.3, 0.4) is 0 Å². The van der Waals surface area contributed by atoms with E-state index >= 15 is 0 Å². The van der Waals surface area contributed by atoms with Crippen LogP contribution in [0.25, 0.3) is 0 Å². The van der Waals surface area contributed by atoms with Crippen LogP contribution in [0.5, 0.6) is 0 Å². The van der Waals surface area contributed by atoms with E-state index in [1.165, 1.54) is 0 Å². The first kappa shape index (κ1) is 14.5. The Hall–Kier alpha value is -1.42. The number of halogens is 1. The fraction of sp³-hybridized carbons (Fsp3) is 0.412. The summed E-state index contributed by atoms with van der Waals surface area (Å²) in [5, 5.41) is 4.48. The minimum atomic E-state index is 0.298. The average Bonchev–Trinajstić information content (AvgIpc) is 2.48. The van der Waals surface area contributed by atoms with Crippen LogP contribution in [0.15, 0.2) is 45.1 Å². The second-order valence-corrected chi connectivity index (χ2v) is 6.71. The van der Waals surface area contributed by atoms with E-state index in [1.54, 1.807) is 0 Å². The topological polar surface area (TPSA) is 41.5 Å². The molecule has 0 radical (unpaired) electrons. The minimum Gasteiger partial charge on any atom is -0.294 e. The number of hydrazone groups is 1. The van der Waals surface area contributed by atoms with Crippen LogP contribution in [0.1, 0.15) is 44.6 Å². The summed E-state index contributed by atoms with van der Waals surface area (Å²) in [6.45, 7) is 2.17. The van der Waals surface area contributed by atoms with Crippen LogP contribution in [0.4, 0.5) is 0 Å². The number of carbonyl (C=O) groups is 1. The zero-order valence-corrected chi connectivity index (χ0v) is 13.7. The highest BCUT2D eigenvalue weighted by molar-refractivity contribution is 9.10. The normalized spacial score (nSPS) is 21.7. The molecular weight excluding hydrogens is 328 g/mol. The molecule has 1 aromatic carbocycles. The molecule has 3 rings (SSSR count). The maximum atomic E-state index is 12.4. The van der Waals surface area contributed by atoms with Gasteiger partial charge in [-0.3, -0.25) is 10.2 Å². The Labute approximate surface area is 133 Å². The maximum absolute atomic E-state index is 12.4. The molecule has 0 saturated heterocycles. The zero-order valence-electron chi connectivity index (χ0n) is 12.2. The summed E-state index contributed by atoms with van der Waals surface area (Å²) in [7, 11) is 0. The molecule has 0 unspecified atom stereocenters. The number of hydrogen-bond acceptors (Lipinski definition) is 3. The fourth-order valence-corrected chi connectivity index (χ4v) is 3.38. The predicted octanol–water partition coefficient (Wildman–Crippen LogP) is 4.18. The molecular formula is C17H19BrN2O. The third-order valence-electron chi connectivity index (χ3n) is 4.21. The van der Waals surface area contributed by atoms with E-state index in [9.17, 15) is 4.79 Å². The van der Waals surface area contributed by atoms with Gasteiger partial charge in [0.1, 0.15) is 0 Å². The van der Waals surface area contributed by atoms with Gasteiger partial charge in [-0.05, 0) is 36.5 Å². The van der Waals surface area contributed by atoms with Crippen molar-refractivity contribution in [3.8, 4) is 0 Å². The molecule has 4 heteroatoms. The molecule has 0 aromatic heterocycles. The molecule has 1 N–H and O–H groups in total. The SMILES string of the molecule is CCC[C@H]1CC(=O)C2=C(C1)NN=C(c1ccc(Br)cc1)C2. The van der Waals surface area contributed by atoms with Gasteiger partial charge in [-0.15, -0.1) is 0 Å². The van der Waals surface area contributed by atoms with E-state index in [0.717, 1.165) is 46.3 Å². The summed E-state index contributed by atoms with van der Waals surface area (Å²) in [5.41, 5.74) is 7.14. The first-order valence-corrected chi connectivity index (χ1v) is 8.30. The highest BCUT2D eigenvalue weighted by atomic mass is 79.9. The van der Waals surface area contributed by atoms with Gasteiger partial charge in [-0.2, -0.15) is 5.10 Å². The Morgan fingerprint density at radius 2 is 2.05 bits per heavy atom. The van der Waals surface area contributed by atoms with Crippen molar-refractivity contribution in [1.82, 2.24) is 5.43 Å². The van der Waals surface area contributed by atoms with Gasteiger partial charge in [0.25, 0.3) is 0 Å². The number of benzene rings is 1. The lowest BCUT2D eigenvalue weighted by Crippen LogP contribution is -2.30. The zero-order chi connectivity index (χ0) is 14.8. The Balaban J connectivity index is 1.78. The first-order valence-electron chi connectivity index (χ1n) is 7.51. The van der Waals surface area contributed by atoms with Crippen molar-refractivity contribution in [2.24, 2.45) is 11.0 Å². The molecule has 0 fully saturated rings. The van der Waals surface area contributed by atoms with Gasteiger partial charge in [0.15, 0.2) is 5.78 Å². The largest absolute Gasteiger partial charge is 0.294 e. The number of carbonyl (C=O) groups excluding carboxylic acids is 1. The number of ketones is 1. The average molecular weight is 347 g/mol. The van der Waals surface area contributed by atoms with E-state index in [2.05, 4.69) is 33.4 Å². The molecule has 0 amide bonds. The Bertz CT molecular complexity index is 616. The molecule has 1 atom stereocenters. The van der Waals surface area contributed by atoms with E-state index < -0.39 is 0 Å². The number of hydrogen-bond donors (Lipinski definition) is 1. The molecule has 1 heterocycles. The highest BCUT2D eigenvalue weighted by Crippen LogP contribution is 2.32. The molecule has 1 aromatic rings. The molecule has 3 nitrogen and oxygen atoms in total. The predicted molar refractivity (Wildman–Crippen MR) is 88.1 cm³/mol. The maximum Gasteiger partial charge on any atom is 0.161 e. The van der Waals surface area contributed by atoms with Crippen LogP contribution >= 0.6 is 15.9 Å². The van der Waals surface area contributed by atoms with Gasteiger partial charge in [-0.1, -0.05) is 41.4 Å². The number of nitrogens with zero attached hydrogens (tertiary/aromatic N) is 1. The van der Waals surface area contributed by atoms with Crippen molar-refractivity contribution in [2.45, 2.75) is 39.0 Å². The van der Waals surface area contributed by atoms with Gasteiger partial charge in [0.2, 0.25) is 0 Å². The highest BCUT2D eigenvalue weighted by Gasteiger charge is 2.30. The van der Waals surface area contributed by atoms with Crippen LogP contribution in [-0.2, 0) is 4.79 Å². The van der Waals surface area contributed by atoms with Gasteiger partial charge < -0.3 is 0 Å². The van der Waals surface area contributed by atoms with Crippen molar-refractivity contribution in [2.75, 3.05) is 0 Å². The van der Waals surface area contributed by atoms with Gasteiger partial charge in [0.05, 0.1) is 5.71 Å². The molecule has 1 aliphatic carbocycles. The van der Waals surface area contributed by atoms with Crippen molar-refractivity contribution in [1.29, 1.82) is 0 Å². The number of allylic oxidation sites excluding steroid dienone is 2. The second kappa shape index (κ2) is 6.14. The summed E-state index contributed by atoms with van der Waals surface area (Å²) in [4.78, 5) is 12.4. The van der Waals surface area contributed by atoms with E-state index in [4.69, 9.17) is 0 Å². The lowest BCUT2D eigenvalue weighted by atomic mass is 9.81. The van der Waals surface area contributed by atoms with Gasteiger partial charge in [0, 0.05) is 28.6 Å². The standard InChI is InChI=1S/C17H19BrN2O/c1-2-3-11-8-16-14(17(21)9-11)10-15(19-20-16)12-4-6-13(18)7-5-12/h4-7,11,20H,2-3,8-10H2,1H3/t11-/m1/s1. The Kier molecular flexibility index (Phi) is 4.24. The van der Waals surface area contributed by atoms with Crippen LogP contribution < -0.4 is 5.43 Å². The summed E-state index contributed by atoms with van der Waals surface area (Å²) >= 11 is 3.44. The number of Topliss-reactive ketones (excluding diaryl/α,β-unsaturated/α-hetero) is 1. The summed E-state index contributed by atoms with van der Waals surface area (Å²) in [6, 6.07) is 8.07. The van der Waals surface area contributed by atoms with Crippen LogP contribution in [-0.4, -0.2) is 11.5 Å². The molecule has 2 aliphatic rings. The molecule has 0 saturated carbocycles. The summed E-state index contributed by atoms with van der Waals surface area (Å²) in [5.74, 6) is 0.782. The van der Waals surface area contributed by atoms with Crippen molar-refractivity contribution in [3.63, 3.8) is 0 Å².